The van der Waals surface area contributed by atoms with E-state index in [1.807, 2.05) is 37.3 Å². The standard InChI is InChI=1S/C32H39N3O5S/c1-24-13-15-28(16-14-24)35(41(38,39)30-19-17-29(40-3)18-20-30)23-31(36)34(22-21-26-9-5-4-6-10-26)25(2)32(37)33-27-11-7-8-12-27/h4-6,9-10,13-20,25,27H,7-8,11-12,21-23H2,1-3H3,(H,33,37)/t25-/m1/s1. The van der Waals surface area contributed by atoms with E-state index in [2.05, 4.69) is 5.32 Å². The lowest BCUT2D eigenvalue weighted by Crippen LogP contribution is -2.53. The average Bonchev–Trinajstić information content (AvgIpc) is 3.50. The maximum atomic E-state index is 14.0. The molecule has 0 aliphatic heterocycles. The monoisotopic (exact) mass is 577 g/mol. The van der Waals surface area contributed by atoms with E-state index < -0.39 is 28.5 Å². The summed E-state index contributed by atoms with van der Waals surface area (Å²) in [5.74, 6) is -0.151. The van der Waals surface area contributed by atoms with Crippen LogP contribution in [-0.4, -0.2) is 57.4 Å². The minimum Gasteiger partial charge on any atom is -0.497 e. The van der Waals surface area contributed by atoms with Gasteiger partial charge in [-0.3, -0.25) is 13.9 Å². The lowest BCUT2D eigenvalue weighted by molar-refractivity contribution is -0.139. The highest BCUT2D eigenvalue weighted by molar-refractivity contribution is 7.92. The normalized spacial score (nSPS) is 14.3. The summed E-state index contributed by atoms with van der Waals surface area (Å²) in [5, 5.41) is 3.09. The van der Waals surface area contributed by atoms with Crippen LogP contribution >= 0.6 is 0 Å². The SMILES string of the molecule is COc1ccc(S(=O)(=O)N(CC(=O)N(CCc2ccccc2)[C@H](C)C(=O)NC2CCCC2)c2ccc(C)cc2)cc1. The number of amides is 2. The van der Waals surface area contributed by atoms with Gasteiger partial charge in [-0.25, -0.2) is 8.42 Å². The lowest BCUT2D eigenvalue weighted by Gasteiger charge is -2.32. The number of hydrogen-bond donors (Lipinski definition) is 1. The highest BCUT2D eigenvalue weighted by atomic mass is 32.2. The maximum absolute atomic E-state index is 14.0. The van der Waals surface area contributed by atoms with Crippen molar-refractivity contribution in [2.75, 3.05) is 24.5 Å². The van der Waals surface area contributed by atoms with Crippen LogP contribution in [0.4, 0.5) is 5.69 Å². The van der Waals surface area contributed by atoms with Crippen molar-refractivity contribution in [1.29, 1.82) is 0 Å². The van der Waals surface area contributed by atoms with Crippen LogP contribution in [0.3, 0.4) is 0 Å². The van der Waals surface area contributed by atoms with Gasteiger partial charge in [0.25, 0.3) is 10.0 Å². The fraction of sp³-hybridized carbons (Fsp3) is 0.375. The predicted octanol–water partition coefficient (Wildman–Crippen LogP) is 4.72. The number of rotatable bonds is 12. The van der Waals surface area contributed by atoms with Crippen molar-refractivity contribution in [2.24, 2.45) is 0 Å². The molecule has 8 nitrogen and oxygen atoms in total. The van der Waals surface area contributed by atoms with Gasteiger partial charge in [0.2, 0.25) is 11.8 Å². The van der Waals surface area contributed by atoms with Gasteiger partial charge in [-0.1, -0.05) is 60.9 Å². The van der Waals surface area contributed by atoms with Gasteiger partial charge in [0.15, 0.2) is 0 Å². The molecular formula is C32H39N3O5S. The predicted molar refractivity (Wildman–Crippen MR) is 160 cm³/mol. The Morgan fingerprint density at radius 1 is 0.951 bits per heavy atom. The van der Waals surface area contributed by atoms with Gasteiger partial charge in [0, 0.05) is 12.6 Å². The molecule has 0 bridgehead atoms. The molecule has 0 aromatic heterocycles. The Morgan fingerprint density at radius 3 is 2.20 bits per heavy atom. The van der Waals surface area contributed by atoms with Crippen LogP contribution < -0.4 is 14.4 Å². The summed E-state index contributed by atoms with van der Waals surface area (Å²) in [6.45, 7) is 3.44. The summed E-state index contributed by atoms with van der Waals surface area (Å²) in [5.41, 5.74) is 2.35. The number of nitrogens with zero attached hydrogens (tertiary/aromatic N) is 2. The zero-order valence-electron chi connectivity index (χ0n) is 24.0. The number of nitrogens with one attached hydrogen (secondary N) is 1. The summed E-state index contributed by atoms with van der Waals surface area (Å²) in [7, 11) is -2.61. The zero-order valence-corrected chi connectivity index (χ0v) is 24.8. The van der Waals surface area contributed by atoms with Crippen molar-refractivity contribution in [2.45, 2.75) is 62.9 Å². The molecule has 4 rings (SSSR count). The molecular weight excluding hydrogens is 538 g/mol. The van der Waals surface area contributed by atoms with E-state index in [0.29, 0.717) is 17.9 Å². The number of aryl methyl sites for hydroxylation is 1. The second-order valence-electron chi connectivity index (χ2n) is 10.5. The minimum atomic E-state index is -4.12. The molecule has 0 saturated heterocycles. The molecule has 9 heteroatoms. The van der Waals surface area contributed by atoms with Crippen molar-refractivity contribution >= 4 is 27.5 Å². The highest BCUT2D eigenvalue weighted by Crippen LogP contribution is 2.26. The zero-order chi connectivity index (χ0) is 29.4. The van der Waals surface area contributed by atoms with Crippen LogP contribution in [0.2, 0.25) is 0 Å². The van der Waals surface area contributed by atoms with E-state index >= 15 is 0 Å². The van der Waals surface area contributed by atoms with Gasteiger partial charge in [-0.15, -0.1) is 0 Å². The molecule has 1 aliphatic carbocycles. The Bertz CT molecular complexity index is 1400. The Morgan fingerprint density at radius 2 is 1.59 bits per heavy atom. The number of anilines is 1. The van der Waals surface area contributed by atoms with E-state index in [1.165, 1.54) is 24.1 Å². The molecule has 41 heavy (non-hydrogen) atoms. The second kappa shape index (κ2) is 13.7. The molecule has 1 atom stereocenters. The van der Waals surface area contributed by atoms with Crippen molar-refractivity contribution in [3.05, 3.63) is 90.0 Å². The van der Waals surface area contributed by atoms with E-state index in [1.54, 1.807) is 43.3 Å². The molecule has 1 aliphatic rings. The molecule has 2 amide bonds. The van der Waals surface area contributed by atoms with Gasteiger partial charge in [0.1, 0.15) is 18.3 Å². The summed E-state index contributed by atoms with van der Waals surface area (Å²) in [6, 6.07) is 22.1. The van der Waals surface area contributed by atoms with Crippen LogP contribution in [0.15, 0.2) is 83.8 Å². The molecule has 0 heterocycles. The summed E-state index contributed by atoms with van der Waals surface area (Å²) >= 11 is 0. The van der Waals surface area contributed by atoms with Gasteiger partial charge in [-0.2, -0.15) is 0 Å². The number of methoxy groups -OCH3 is 1. The van der Waals surface area contributed by atoms with Crippen molar-refractivity contribution in [3.63, 3.8) is 0 Å². The largest absolute Gasteiger partial charge is 0.497 e. The van der Waals surface area contributed by atoms with Crippen LogP contribution in [0, 0.1) is 6.92 Å². The van der Waals surface area contributed by atoms with Crippen LogP contribution in [0.25, 0.3) is 0 Å². The Hall–Kier alpha value is -3.85. The third kappa shape index (κ3) is 7.67. The molecule has 0 unspecified atom stereocenters. The first-order valence-corrected chi connectivity index (χ1v) is 15.5. The van der Waals surface area contributed by atoms with Gasteiger partial charge >= 0.3 is 0 Å². The second-order valence-corrected chi connectivity index (χ2v) is 12.4. The van der Waals surface area contributed by atoms with Gasteiger partial charge in [0.05, 0.1) is 17.7 Å². The first kappa shape index (κ1) is 30.1. The molecule has 1 saturated carbocycles. The van der Waals surface area contributed by atoms with Gasteiger partial charge in [-0.05, 0) is 75.1 Å². The van der Waals surface area contributed by atoms with E-state index in [0.717, 1.165) is 41.1 Å². The molecule has 1 N–H and O–H groups in total. The first-order chi connectivity index (χ1) is 19.7. The Labute approximate surface area is 243 Å². The number of sulfonamides is 1. The smallest absolute Gasteiger partial charge is 0.264 e. The lowest BCUT2D eigenvalue weighted by atomic mass is 10.1. The molecule has 0 radical (unpaired) electrons. The Kier molecular flexibility index (Phi) is 10.0. The molecule has 3 aromatic carbocycles. The van der Waals surface area contributed by atoms with Crippen LogP contribution in [0.5, 0.6) is 5.75 Å². The third-order valence-corrected chi connectivity index (χ3v) is 9.39. The highest BCUT2D eigenvalue weighted by Gasteiger charge is 2.33. The van der Waals surface area contributed by atoms with Crippen LogP contribution in [0.1, 0.15) is 43.7 Å². The summed E-state index contributed by atoms with van der Waals surface area (Å²) in [4.78, 5) is 28.8. The van der Waals surface area contributed by atoms with Crippen molar-refractivity contribution in [1.82, 2.24) is 10.2 Å². The number of carbonyl (C=O) groups excluding carboxylic acids is 2. The van der Waals surface area contributed by atoms with Crippen LogP contribution in [-0.2, 0) is 26.0 Å². The van der Waals surface area contributed by atoms with E-state index in [4.69, 9.17) is 4.74 Å². The minimum absolute atomic E-state index is 0.0366. The molecule has 3 aromatic rings. The first-order valence-electron chi connectivity index (χ1n) is 14.1. The fourth-order valence-corrected chi connectivity index (χ4v) is 6.49. The van der Waals surface area contributed by atoms with E-state index in [-0.39, 0.29) is 23.4 Å². The summed E-state index contributed by atoms with van der Waals surface area (Å²) < 4.78 is 34.2. The van der Waals surface area contributed by atoms with Crippen molar-refractivity contribution < 1.29 is 22.7 Å². The topological polar surface area (TPSA) is 96.0 Å². The maximum Gasteiger partial charge on any atom is 0.264 e. The third-order valence-electron chi connectivity index (χ3n) is 7.60. The van der Waals surface area contributed by atoms with Gasteiger partial charge < -0.3 is 15.0 Å². The summed E-state index contributed by atoms with van der Waals surface area (Å²) in [6.07, 6.45) is 4.54. The number of carbonyl (C=O) groups is 2. The quantitative estimate of drug-likeness (QED) is 0.336. The average molecular weight is 578 g/mol. The molecule has 1 fully saturated rings. The number of benzene rings is 3. The Balaban J connectivity index is 1.64. The van der Waals surface area contributed by atoms with E-state index in [9.17, 15) is 18.0 Å². The molecule has 218 valence electrons. The number of ether oxygens (including phenoxy) is 1. The fourth-order valence-electron chi connectivity index (χ4n) is 5.08. The number of hydrogen-bond acceptors (Lipinski definition) is 5. The van der Waals surface area contributed by atoms with Crippen molar-refractivity contribution in [3.8, 4) is 5.75 Å². The molecule has 0 spiro atoms.